The number of anilines is 1. The fourth-order valence-electron chi connectivity index (χ4n) is 2.34. The number of rotatable bonds is 7. The molecule has 2 rings (SSSR count). The van der Waals surface area contributed by atoms with Crippen molar-refractivity contribution < 1.29 is 9.59 Å². The molecule has 0 unspecified atom stereocenters. The van der Waals surface area contributed by atoms with Gasteiger partial charge in [0.2, 0.25) is 11.8 Å². The van der Waals surface area contributed by atoms with Crippen molar-refractivity contribution in [2.45, 2.75) is 27.2 Å². The molecule has 1 aromatic heterocycles. The van der Waals surface area contributed by atoms with Crippen LogP contribution in [0.25, 0.3) is 10.9 Å². The van der Waals surface area contributed by atoms with Crippen LogP contribution < -0.4 is 16.0 Å². The lowest BCUT2D eigenvalue weighted by atomic mass is 9.92. The SMILES string of the molecule is CC(C)(C)CC(=O)NCC(=O)NCCNc1ccc2ccccc2n1. The highest BCUT2D eigenvalue weighted by molar-refractivity contribution is 5.85. The lowest BCUT2D eigenvalue weighted by Gasteiger charge is -2.17. The Hall–Kier alpha value is -2.63. The van der Waals surface area contributed by atoms with E-state index in [9.17, 15) is 9.59 Å². The number of pyridine rings is 1. The van der Waals surface area contributed by atoms with Crippen molar-refractivity contribution in [3.05, 3.63) is 36.4 Å². The lowest BCUT2D eigenvalue weighted by molar-refractivity contribution is -0.127. The van der Waals surface area contributed by atoms with E-state index in [0.717, 1.165) is 16.7 Å². The topological polar surface area (TPSA) is 83.1 Å². The minimum atomic E-state index is -0.199. The zero-order chi connectivity index (χ0) is 18.3. The van der Waals surface area contributed by atoms with Gasteiger partial charge in [0.05, 0.1) is 12.1 Å². The molecule has 1 heterocycles. The largest absolute Gasteiger partial charge is 0.368 e. The Morgan fingerprint density at radius 1 is 0.960 bits per heavy atom. The summed E-state index contributed by atoms with van der Waals surface area (Å²) in [5.74, 6) is 0.461. The number of carbonyl (C=O) groups is 2. The molecule has 0 saturated carbocycles. The predicted molar refractivity (Wildman–Crippen MR) is 100 cm³/mol. The minimum absolute atomic E-state index is 0.00311. The van der Waals surface area contributed by atoms with Gasteiger partial charge in [0.15, 0.2) is 0 Å². The van der Waals surface area contributed by atoms with Gasteiger partial charge in [0, 0.05) is 24.9 Å². The Bertz CT molecular complexity index is 738. The van der Waals surface area contributed by atoms with Gasteiger partial charge in [0.1, 0.15) is 5.82 Å². The molecule has 3 N–H and O–H groups in total. The first kappa shape index (κ1) is 18.7. The molecule has 0 fully saturated rings. The van der Waals surface area contributed by atoms with Crippen molar-refractivity contribution in [2.24, 2.45) is 5.41 Å². The monoisotopic (exact) mass is 342 g/mol. The van der Waals surface area contributed by atoms with Crippen LogP contribution in [0.5, 0.6) is 0 Å². The van der Waals surface area contributed by atoms with Crippen molar-refractivity contribution in [3.8, 4) is 0 Å². The third kappa shape index (κ3) is 6.79. The predicted octanol–water partition coefficient (Wildman–Crippen LogP) is 2.32. The normalized spacial score (nSPS) is 11.2. The third-order valence-corrected chi connectivity index (χ3v) is 3.49. The van der Waals surface area contributed by atoms with Gasteiger partial charge in [-0.1, -0.05) is 39.0 Å². The van der Waals surface area contributed by atoms with Gasteiger partial charge in [0.25, 0.3) is 0 Å². The quantitative estimate of drug-likeness (QED) is 0.674. The summed E-state index contributed by atoms with van der Waals surface area (Å²) in [5, 5.41) is 9.66. The van der Waals surface area contributed by atoms with Gasteiger partial charge < -0.3 is 16.0 Å². The fraction of sp³-hybridized carbons (Fsp3) is 0.421. The smallest absolute Gasteiger partial charge is 0.239 e. The van der Waals surface area contributed by atoms with Crippen molar-refractivity contribution in [3.63, 3.8) is 0 Å². The number of nitrogens with zero attached hydrogens (tertiary/aromatic N) is 1. The molecule has 0 bridgehead atoms. The van der Waals surface area contributed by atoms with Gasteiger partial charge >= 0.3 is 0 Å². The van der Waals surface area contributed by atoms with Crippen molar-refractivity contribution in [1.29, 1.82) is 0 Å². The second kappa shape index (κ2) is 8.46. The summed E-state index contributed by atoms with van der Waals surface area (Å²) >= 11 is 0. The number of carbonyl (C=O) groups excluding carboxylic acids is 2. The molecule has 0 spiro atoms. The molecule has 0 aliphatic carbocycles. The first-order chi connectivity index (χ1) is 11.8. The Morgan fingerprint density at radius 2 is 1.72 bits per heavy atom. The van der Waals surface area contributed by atoms with E-state index in [1.165, 1.54) is 0 Å². The Kier molecular flexibility index (Phi) is 6.33. The van der Waals surface area contributed by atoms with Crippen LogP contribution in [0.4, 0.5) is 5.82 Å². The van der Waals surface area contributed by atoms with E-state index in [0.29, 0.717) is 19.5 Å². The van der Waals surface area contributed by atoms with E-state index < -0.39 is 0 Å². The van der Waals surface area contributed by atoms with E-state index in [-0.39, 0.29) is 23.8 Å². The summed E-state index contributed by atoms with van der Waals surface area (Å²) in [6, 6.07) is 11.8. The maximum absolute atomic E-state index is 11.7. The highest BCUT2D eigenvalue weighted by atomic mass is 16.2. The summed E-state index contributed by atoms with van der Waals surface area (Å²) in [7, 11) is 0. The van der Waals surface area contributed by atoms with Crippen LogP contribution in [-0.2, 0) is 9.59 Å². The number of amides is 2. The molecular formula is C19H26N4O2. The zero-order valence-corrected chi connectivity index (χ0v) is 15.1. The molecule has 2 amide bonds. The molecule has 0 radical (unpaired) electrons. The maximum Gasteiger partial charge on any atom is 0.239 e. The molecule has 134 valence electrons. The average Bonchev–Trinajstić information content (AvgIpc) is 2.55. The van der Waals surface area contributed by atoms with E-state index in [4.69, 9.17) is 0 Å². The highest BCUT2D eigenvalue weighted by Gasteiger charge is 2.16. The summed E-state index contributed by atoms with van der Waals surface area (Å²) < 4.78 is 0. The highest BCUT2D eigenvalue weighted by Crippen LogP contribution is 2.17. The Balaban J connectivity index is 1.66. The number of aromatic nitrogens is 1. The van der Waals surface area contributed by atoms with E-state index in [1.54, 1.807) is 0 Å². The summed E-state index contributed by atoms with van der Waals surface area (Å²) in [6.07, 6.45) is 0.398. The molecule has 0 saturated heterocycles. The van der Waals surface area contributed by atoms with Gasteiger partial charge in [-0.05, 0) is 23.6 Å². The van der Waals surface area contributed by atoms with Crippen LogP contribution in [0.15, 0.2) is 36.4 Å². The summed E-state index contributed by atoms with van der Waals surface area (Å²) in [5.41, 5.74) is 0.843. The number of hydrogen-bond acceptors (Lipinski definition) is 4. The van der Waals surface area contributed by atoms with Crippen LogP contribution in [0, 0.1) is 5.41 Å². The molecular weight excluding hydrogens is 316 g/mol. The molecule has 6 heteroatoms. The molecule has 25 heavy (non-hydrogen) atoms. The second-order valence-corrected chi connectivity index (χ2v) is 7.18. The number of fused-ring (bicyclic) bond motifs is 1. The van der Waals surface area contributed by atoms with Crippen LogP contribution >= 0.6 is 0 Å². The van der Waals surface area contributed by atoms with Gasteiger partial charge in [-0.2, -0.15) is 0 Å². The zero-order valence-electron chi connectivity index (χ0n) is 15.1. The Morgan fingerprint density at radius 3 is 2.48 bits per heavy atom. The number of nitrogens with one attached hydrogen (secondary N) is 3. The fourth-order valence-corrected chi connectivity index (χ4v) is 2.34. The first-order valence-electron chi connectivity index (χ1n) is 8.46. The number of para-hydroxylation sites is 1. The summed E-state index contributed by atoms with van der Waals surface area (Å²) in [4.78, 5) is 27.9. The second-order valence-electron chi connectivity index (χ2n) is 7.18. The molecule has 6 nitrogen and oxygen atoms in total. The van der Waals surface area contributed by atoms with Crippen LogP contribution in [0.1, 0.15) is 27.2 Å². The first-order valence-corrected chi connectivity index (χ1v) is 8.46. The van der Waals surface area contributed by atoms with Crippen LogP contribution in [0.3, 0.4) is 0 Å². The Labute approximate surface area is 148 Å². The van der Waals surface area contributed by atoms with Gasteiger partial charge in [-0.25, -0.2) is 4.98 Å². The van der Waals surface area contributed by atoms with Gasteiger partial charge in [-0.15, -0.1) is 0 Å². The van der Waals surface area contributed by atoms with Crippen LogP contribution in [-0.4, -0.2) is 36.4 Å². The molecule has 0 atom stereocenters. The van der Waals surface area contributed by atoms with Crippen molar-refractivity contribution in [1.82, 2.24) is 15.6 Å². The maximum atomic E-state index is 11.7. The molecule has 2 aromatic rings. The molecule has 0 aliphatic rings. The summed E-state index contributed by atoms with van der Waals surface area (Å²) in [6.45, 7) is 6.98. The van der Waals surface area contributed by atoms with E-state index in [2.05, 4.69) is 20.9 Å². The average molecular weight is 342 g/mol. The van der Waals surface area contributed by atoms with Crippen molar-refractivity contribution in [2.75, 3.05) is 25.0 Å². The van der Waals surface area contributed by atoms with E-state index >= 15 is 0 Å². The van der Waals surface area contributed by atoms with Gasteiger partial charge in [-0.3, -0.25) is 9.59 Å². The third-order valence-electron chi connectivity index (χ3n) is 3.49. The van der Waals surface area contributed by atoms with Crippen LogP contribution in [0.2, 0.25) is 0 Å². The number of benzene rings is 1. The minimum Gasteiger partial charge on any atom is -0.368 e. The number of hydrogen-bond donors (Lipinski definition) is 3. The standard InChI is InChI=1S/C19H26N4O2/c1-19(2,3)12-17(24)22-13-18(25)21-11-10-20-16-9-8-14-6-4-5-7-15(14)23-16/h4-9H,10-13H2,1-3H3,(H,20,23)(H,21,25)(H,22,24). The molecule has 1 aromatic carbocycles. The lowest BCUT2D eigenvalue weighted by Crippen LogP contribution is -2.39. The van der Waals surface area contributed by atoms with Crippen molar-refractivity contribution >= 4 is 28.5 Å². The van der Waals surface area contributed by atoms with E-state index in [1.807, 2.05) is 57.2 Å². The molecule has 0 aliphatic heterocycles.